The summed E-state index contributed by atoms with van der Waals surface area (Å²) in [5.74, 6) is -0.614. The molecule has 3 N–H and O–H groups in total. The Balaban J connectivity index is 1.87. The molecule has 1 saturated heterocycles. The lowest BCUT2D eigenvalue weighted by atomic mass is 9.91. The van der Waals surface area contributed by atoms with E-state index in [9.17, 15) is 9.90 Å². The van der Waals surface area contributed by atoms with Crippen LogP contribution in [0.15, 0.2) is 42.3 Å². The van der Waals surface area contributed by atoms with Gasteiger partial charge in [0.2, 0.25) is 0 Å². The minimum absolute atomic E-state index is 0.0689. The number of carbonyl (C=O) groups is 1. The number of hydrogen-bond donors (Lipinski definition) is 3. The number of aliphatic hydroxyl groups excluding tert-OH is 1. The summed E-state index contributed by atoms with van der Waals surface area (Å²) in [6, 6.07) is 3.05. The number of nitrogens with zero attached hydrogens (tertiary/aromatic N) is 2. The zero-order valence-corrected chi connectivity index (χ0v) is 29.1. The van der Waals surface area contributed by atoms with Crippen molar-refractivity contribution < 1.29 is 28.0 Å². The summed E-state index contributed by atoms with van der Waals surface area (Å²) in [4.78, 5) is 17.4. The third-order valence-electron chi connectivity index (χ3n) is 8.77. The first-order chi connectivity index (χ1) is 21.9. The summed E-state index contributed by atoms with van der Waals surface area (Å²) >= 11 is 1.28. The number of rotatable bonds is 12. The van der Waals surface area contributed by atoms with Gasteiger partial charge in [0.1, 0.15) is 18.0 Å². The van der Waals surface area contributed by atoms with Gasteiger partial charge in [-0.05, 0) is 81.5 Å². The van der Waals surface area contributed by atoms with Crippen molar-refractivity contribution in [1.82, 2.24) is 9.80 Å². The summed E-state index contributed by atoms with van der Waals surface area (Å²) in [5.41, 5.74) is 4.44. The number of benzene rings is 1. The van der Waals surface area contributed by atoms with Crippen LogP contribution in [0, 0.1) is 23.1 Å². The second-order valence-corrected chi connectivity index (χ2v) is 13.6. The van der Waals surface area contributed by atoms with Gasteiger partial charge in [0.15, 0.2) is 5.88 Å². The molecule has 2 aliphatic rings. The maximum atomic E-state index is 15.1. The van der Waals surface area contributed by atoms with Crippen molar-refractivity contribution in [3.8, 4) is 0 Å². The molecule has 2 heterocycles. The Labute approximate surface area is 278 Å². The van der Waals surface area contributed by atoms with E-state index in [2.05, 4.69) is 49.7 Å². The van der Waals surface area contributed by atoms with Crippen molar-refractivity contribution in [2.75, 3.05) is 38.7 Å². The van der Waals surface area contributed by atoms with E-state index < -0.39 is 24.0 Å². The predicted molar refractivity (Wildman–Crippen MR) is 185 cm³/mol. The van der Waals surface area contributed by atoms with Crippen molar-refractivity contribution in [3.63, 3.8) is 0 Å². The summed E-state index contributed by atoms with van der Waals surface area (Å²) in [6.07, 6.45) is 7.79. The van der Waals surface area contributed by atoms with E-state index in [1.54, 1.807) is 12.1 Å². The highest BCUT2D eigenvalue weighted by atomic mass is 32.2. The molecule has 256 valence electrons. The average molecular weight is 661 g/mol. The van der Waals surface area contributed by atoms with Crippen LogP contribution >= 0.6 is 12.0 Å². The van der Waals surface area contributed by atoms with Crippen LogP contribution in [-0.4, -0.2) is 83.9 Å². The van der Waals surface area contributed by atoms with Gasteiger partial charge in [-0.3, -0.25) is 10.3 Å². The van der Waals surface area contributed by atoms with Crippen molar-refractivity contribution >= 4 is 36.0 Å². The standard InChI is InChI=1S/C35H53FN4O5S/c1-8-29(9-2)46-45-38-32-20-27(19-31(36)30(32)22-37)18-25(5)35-24(4)11-13-33(23(3)10-12-28(41)21-34(42)44-35)43-26(6)40-16-14-39(7)15-17-40/h11,13,18-20,22-24,28-29,33,35,37-38,41H,6,8-10,12,14-17,21H2,1-5,7H3/b13-11+,25-18+,37-22?/t23?,24?,28?,33-,35-/m0/s1. The highest BCUT2D eigenvalue weighted by molar-refractivity contribution is 7.95. The van der Waals surface area contributed by atoms with Gasteiger partial charge in [-0.1, -0.05) is 39.8 Å². The number of carbonyl (C=O) groups excluding carboxylic acids is 1. The number of esters is 1. The molecule has 11 heteroatoms. The van der Waals surface area contributed by atoms with Crippen LogP contribution in [0.5, 0.6) is 0 Å². The molecule has 0 spiro atoms. The Kier molecular flexibility index (Phi) is 15.1. The van der Waals surface area contributed by atoms with E-state index in [-0.39, 0.29) is 35.2 Å². The van der Waals surface area contributed by atoms with Gasteiger partial charge in [-0.25, -0.2) is 8.67 Å². The Morgan fingerprint density at radius 3 is 2.57 bits per heavy atom. The van der Waals surface area contributed by atoms with E-state index in [0.29, 0.717) is 35.5 Å². The number of hydrogen-bond acceptors (Lipinski definition) is 10. The highest BCUT2D eigenvalue weighted by Crippen LogP contribution is 2.29. The molecule has 3 rings (SSSR count). The van der Waals surface area contributed by atoms with Crippen LogP contribution in [-0.2, 0) is 18.6 Å². The molecule has 2 aliphatic heterocycles. The van der Waals surface area contributed by atoms with E-state index in [4.69, 9.17) is 19.2 Å². The molecule has 0 aromatic heterocycles. The van der Waals surface area contributed by atoms with Crippen molar-refractivity contribution in [1.29, 1.82) is 5.41 Å². The number of anilines is 1. The Bertz CT molecular complexity index is 1230. The fraction of sp³-hybridized carbons (Fsp3) is 0.600. The number of likely N-dealkylation sites (N-methyl/N-ethyl adjacent to an activating group) is 1. The molecule has 46 heavy (non-hydrogen) atoms. The molecule has 3 unspecified atom stereocenters. The number of halogens is 1. The zero-order valence-electron chi connectivity index (χ0n) is 28.3. The van der Waals surface area contributed by atoms with Crippen LogP contribution in [0.1, 0.15) is 77.8 Å². The van der Waals surface area contributed by atoms with E-state index >= 15 is 4.39 Å². The highest BCUT2D eigenvalue weighted by Gasteiger charge is 2.28. The van der Waals surface area contributed by atoms with Crippen LogP contribution in [0.3, 0.4) is 0 Å². The fourth-order valence-electron chi connectivity index (χ4n) is 5.60. The van der Waals surface area contributed by atoms with Gasteiger partial charge in [0.25, 0.3) is 0 Å². The van der Waals surface area contributed by atoms with Gasteiger partial charge in [-0.2, -0.15) is 0 Å². The number of aliphatic hydroxyl groups is 1. The largest absolute Gasteiger partial charge is 0.472 e. The van der Waals surface area contributed by atoms with Gasteiger partial charge in [-0.15, -0.1) is 0 Å². The molecule has 0 aliphatic carbocycles. The smallest absolute Gasteiger partial charge is 0.309 e. The summed E-state index contributed by atoms with van der Waals surface area (Å²) in [7, 11) is 2.10. The lowest BCUT2D eigenvalue weighted by Gasteiger charge is -2.36. The molecular formula is C35H53FN4O5S. The monoisotopic (exact) mass is 660 g/mol. The third kappa shape index (κ3) is 11.1. The predicted octanol–water partition coefficient (Wildman–Crippen LogP) is 6.80. The topological polar surface area (TPSA) is 107 Å². The Morgan fingerprint density at radius 1 is 1.22 bits per heavy atom. The second kappa shape index (κ2) is 18.5. The molecule has 1 aromatic rings. The molecule has 0 bridgehead atoms. The quantitative estimate of drug-likeness (QED) is 0.0558. The minimum Gasteiger partial charge on any atom is -0.472 e. The minimum atomic E-state index is -0.839. The van der Waals surface area contributed by atoms with Crippen LogP contribution in [0.2, 0.25) is 0 Å². The average Bonchev–Trinajstić information content (AvgIpc) is 3.02. The molecule has 9 nitrogen and oxygen atoms in total. The van der Waals surface area contributed by atoms with Crippen LogP contribution in [0.4, 0.5) is 10.1 Å². The molecule has 5 atom stereocenters. The number of nitrogens with one attached hydrogen (secondary N) is 2. The van der Waals surface area contributed by atoms with E-state index in [1.807, 2.05) is 26.0 Å². The number of piperazine rings is 1. The van der Waals surface area contributed by atoms with Gasteiger partial charge in [0, 0.05) is 55.6 Å². The lowest BCUT2D eigenvalue weighted by molar-refractivity contribution is -0.151. The van der Waals surface area contributed by atoms with Crippen molar-refractivity contribution in [2.24, 2.45) is 11.8 Å². The first-order valence-corrected chi connectivity index (χ1v) is 17.2. The van der Waals surface area contributed by atoms with Crippen molar-refractivity contribution in [2.45, 2.75) is 90.3 Å². The SMILES string of the molecule is C=C(O[C@H]1/C=C/C(C)[C@@H](/C(C)=C/c2cc(F)c(C=N)c(NOSC(CC)CC)c2)OC(=O)CC(O)CCC1C)N1CCN(C)CC1. The third-order valence-corrected chi connectivity index (χ3v) is 9.89. The molecule has 0 saturated carbocycles. The van der Waals surface area contributed by atoms with Gasteiger partial charge >= 0.3 is 5.97 Å². The lowest BCUT2D eigenvalue weighted by Crippen LogP contribution is -2.44. The van der Waals surface area contributed by atoms with Gasteiger partial charge in [0.05, 0.1) is 23.8 Å². The zero-order chi connectivity index (χ0) is 33.8. The first kappa shape index (κ1) is 37.6. The first-order valence-electron chi connectivity index (χ1n) is 16.4. The van der Waals surface area contributed by atoms with Crippen LogP contribution in [0.25, 0.3) is 6.08 Å². The molecule has 0 amide bonds. The molecule has 1 aromatic carbocycles. The second-order valence-electron chi connectivity index (χ2n) is 12.6. The number of ether oxygens (including phenoxy) is 2. The van der Waals surface area contributed by atoms with Crippen LogP contribution < -0.4 is 5.48 Å². The Hall–Kier alpha value is -2.86. The van der Waals surface area contributed by atoms with E-state index in [0.717, 1.165) is 45.2 Å². The van der Waals surface area contributed by atoms with Gasteiger partial charge < -0.3 is 29.8 Å². The summed E-state index contributed by atoms with van der Waals surface area (Å²) in [5, 5.41) is 18.7. The summed E-state index contributed by atoms with van der Waals surface area (Å²) < 4.78 is 33.1. The maximum absolute atomic E-state index is 15.1. The molecule has 0 radical (unpaired) electrons. The summed E-state index contributed by atoms with van der Waals surface area (Å²) in [6.45, 7) is 17.8. The van der Waals surface area contributed by atoms with E-state index in [1.165, 1.54) is 18.1 Å². The number of cyclic esters (lactones) is 1. The molecular weight excluding hydrogens is 607 g/mol. The fourth-order valence-corrected chi connectivity index (χ4v) is 6.14. The Morgan fingerprint density at radius 2 is 1.91 bits per heavy atom. The normalized spacial score (nSPS) is 26.1. The molecule has 1 fully saturated rings. The maximum Gasteiger partial charge on any atom is 0.309 e. The van der Waals surface area contributed by atoms with Crippen molar-refractivity contribution in [3.05, 3.63) is 59.3 Å².